The summed E-state index contributed by atoms with van der Waals surface area (Å²) in [6, 6.07) is 16.3. The largest absolute Gasteiger partial charge is 0.493 e. The standard InChI is InChI=1S/C24H27N3O5/c1-31-23(29)17-26-16-22(28)27(24(26)30)14-18-6-8-19(9-7-18)21-5-3-2-4-20(21)15-25-10-12-32-13-11-25/h2-9,16,28H,10-15,17H2,1H3. The summed E-state index contributed by atoms with van der Waals surface area (Å²) >= 11 is 0. The lowest BCUT2D eigenvalue weighted by molar-refractivity contribution is -0.141. The van der Waals surface area contributed by atoms with E-state index in [1.165, 1.54) is 29.0 Å². The molecule has 1 aromatic heterocycles. The molecule has 8 heteroatoms. The lowest BCUT2D eigenvalue weighted by Gasteiger charge is -2.27. The number of rotatable bonds is 7. The maximum Gasteiger partial charge on any atom is 0.331 e. The van der Waals surface area contributed by atoms with E-state index >= 15 is 0 Å². The molecular weight excluding hydrogens is 410 g/mol. The molecule has 168 valence electrons. The van der Waals surface area contributed by atoms with Crippen LogP contribution in [0, 0.1) is 0 Å². The Morgan fingerprint density at radius 2 is 1.78 bits per heavy atom. The third-order valence-electron chi connectivity index (χ3n) is 5.67. The highest BCUT2D eigenvalue weighted by molar-refractivity contribution is 5.69. The number of carbonyl (C=O) groups is 1. The molecule has 1 N–H and O–H groups in total. The van der Waals surface area contributed by atoms with Crippen molar-refractivity contribution in [1.29, 1.82) is 0 Å². The van der Waals surface area contributed by atoms with Gasteiger partial charge in [-0.05, 0) is 22.3 Å². The zero-order chi connectivity index (χ0) is 22.5. The fourth-order valence-electron chi connectivity index (χ4n) is 3.90. The third-order valence-corrected chi connectivity index (χ3v) is 5.67. The van der Waals surface area contributed by atoms with E-state index in [9.17, 15) is 14.7 Å². The van der Waals surface area contributed by atoms with Crippen LogP contribution in [0.4, 0.5) is 0 Å². The Morgan fingerprint density at radius 3 is 2.50 bits per heavy atom. The number of imidazole rings is 1. The minimum absolute atomic E-state index is 0.196. The van der Waals surface area contributed by atoms with E-state index in [0.29, 0.717) is 0 Å². The van der Waals surface area contributed by atoms with Crippen molar-refractivity contribution in [2.75, 3.05) is 33.4 Å². The van der Waals surface area contributed by atoms with Gasteiger partial charge in [-0.15, -0.1) is 0 Å². The van der Waals surface area contributed by atoms with E-state index in [0.717, 1.165) is 48.5 Å². The number of benzene rings is 2. The van der Waals surface area contributed by atoms with Crippen LogP contribution in [0.5, 0.6) is 5.88 Å². The molecule has 0 saturated carbocycles. The average Bonchev–Trinajstić information content (AvgIpc) is 3.08. The molecule has 0 bridgehead atoms. The van der Waals surface area contributed by atoms with Gasteiger partial charge in [0.05, 0.1) is 33.1 Å². The maximum atomic E-state index is 12.5. The zero-order valence-corrected chi connectivity index (χ0v) is 18.1. The Morgan fingerprint density at radius 1 is 1.06 bits per heavy atom. The molecule has 32 heavy (non-hydrogen) atoms. The molecule has 1 fully saturated rings. The molecule has 0 spiro atoms. The first kappa shape index (κ1) is 21.9. The molecule has 2 aromatic carbocycles. The molecular formula is C24H27N3O5. The first-order valence-corrected chi connectivity index (χ1v) is 10.6. The summed E-state index contributed by atoms with van der Waals surface area (Å²) in [6.07, 6.45) is 1.25. The summed E-state index contributed by atoms with van der Waals surface area (Å²) in [5, 5.41) is 10.2. The van der Waals surface area contributed by atoms with Gasteiger partial charge >= 0.3 is 11.7 Å². The Balaban J connectivity index is 1.51. The SMILES string of the molecule is COC(=O)Cn1cc(O)n(Cc2ccc(-c3ccccc3CN3CCOCC3)cc2)c1=O. The molecule has 1 aliphatic heterocycles. The van der Waals surface area contributed by atoms with Crippen LogP contribution in [0.1, 0.15) is 11.1 Å². The molecule has 4 rings (SSSR count). The molecule has 0 radical (unpaired) electrons. The van der Waals surface area contributed by atoms with E-state index in [1.54, 1.807) is 0 Å². The Labute approximate surface area is 186 Å². The molecule has 2 heterocycles. The quantitative estimate of drug-likeness (QED) is 0.570. The van der Waals surface area contributed by atoms with Crippen molar-refractivity contribution in [1.82, 2.24) is 14.0 Å². The van der Waals surface area contributed by atoms with E-state index < -0.39 is 11.7 Å². The van der Waals surface area contributed by atoms with Gasteiger partial charge < -0.3 is 14.6 Å². The number of hydrogen-bond donors (Lipinski definition) is 1. The van der Waals surface area contributed by atoms with Crippen LogP contribution in [-0.4, -0.2) is 58.5 Å². The number of carbonyl (C=O) groups excluding carboxylic acids is 1. The zero-order valence-electron chi connectivity index (χ0n) is 18.1. The highest BCUT2D eigenvalue weighted by atomic mass is 16.5. The second-order valence-electron chi connectivity index (χ2n) is 7.80. The normalized spacial score (nSPS) is 14.4. The van der Waals surface area contributed by atoms with Gasteiger partial charge in [-0.2, -0.15) is 0 Å². The monoisotopic (exact) mass is 437 g/mol. The molecule has 3 aromatic rings. The second kappa shape index (κ2) is 9.84. The number of ether oxygens (including phenoxy) is 2. The van der Waals surface area contributed by atoms with Crippen LogP contribution in [0.25, 0.3) is 11.1 Å². The third kappa shape index (κ3) is 4.92. The van der Waals surface area contributed by atoms with Crippen molar-refractivity contribution in [3.63, 3.8) is 0 Å². The summed E-state index contributed by atoms with van der Waals surface area (Å²) in [4.78, 5) is 26.4. The summed E-state index contributed by atoms with van der Waals surface area (Å²) in [5.74, 6) is -0.747. The maximum absolute atomic E-state index is 12.5. The summed E-state index contributed by atoms with van der Waals surface area (Å²) in [5.41, 5.74) is 3.93. The topological polar surface area (TPSA) is 85.9 Å². The molecule has 0 unspecified atom stereocenters. The molecule has 0 atom stereocenters. The smallest absolute Gasteiger partial charge is 0.331 e. The van der Waals surface area contributed by atoms with Crippen LogP contribution in [0.2, 0.25) is 0 Å². The molecule has 0 amide bonds. The van der Waals surface area contributed by atoms with Gasteiger partial charge in [0.1, 0.15) is 6.54 Å². The number of nitrogens with zero attached hydrogens (tertiary/aromatic N) is 3. The number of esters is 1. The van der Waals surface area contributed by atoms with Gasteiger partial charge in [0.25, 0.3) is 0 Å². The first-order chi connectivity index (χ1) is 15.5. The number of aromatic nitrogens is 2. The van der Waals surface area contributed by atoms with Gasteiger partial charge in [-0.25, -0.2) is 4.79 Å². The minimum Gasteiger partial charge on any atom is -0.493 e. The lowest BCUT2D eigenvalue weighted by atomic mass is 9.98. The summed E-state index contributed by atoms with van der Waals surface area (Å²) < 4.78 is 12.4. The predicted octanol–water partition coefficient (Wildman–Crippen LogP) is 2.08. The molecule has 1 aliphatic rings. The van der Waals surface area contributed by atoms with Crippen LogP contribution in [0.3, 0.4) is 0 Å². The first-order valence-electron chi connectivity index (χ1n) is 10.6. The number of hydrogen-bond acceptors (Lipinski definition) is 6. The van der Waals surface area contributed by atoms with E-state index in [1.807, 2.05) is 30.3 Å². The summed E-state index contributed by atoms with van der Waals surface area (Å²) in [7, 11) is 1.25. The van der Waals surface area contributed by atoms with Gasteiger partial charge in [0.15, 0.2) is 0 Å². The Bertz CT molecular complexity index is 1130. The highest BCUT2D eigenvalue weighted by Gasteiger charge is 2.15. The highest BCUT2D eigenvalue weighted by Crippen LogP contribution is 2.26. The predicted molar refractivity (Wildman–Crippen MR) is 119 cm³/mol. The van der Waals surface area contributed by atoms with Crippen LogP contribution in [0.15, 0.2) is 59.5 Å². The van der Waals surface area contributed by atoms with Crippen molar-refractivity contribution in [3.05, 3.63) is 76.3 Å². The van der Waals surface area contributed by atoms with E-state index in [4.69, 9.17) is 4.74 Å². The van der Waals surface area contributed by atoms with E-state index in [-0.39, 0.29) is 19.0 Å². The van der Waals surface area contributed by atoms with Gasteiger partial charge in [-0.1, -0.05) is 48.5 Å². The van der Waals surface area contributed by atoms with E-state index in [2.05, 4.69) is 27.8 Å². The lowest BCUT2D eigenvalue weighted by Crippen LogP contribution is -2.35. The Kier molecular flexibility index (Phi) is 6.72. The van der Waals surface area contributed by atoms with Crippen LogP contribution < -0.4 is 5.69 Å². The number of aromatic hydroxyl groups is 1. The van der Waals surface area contributed by atoms with Gasteiger partial charge in [-0.3, -0.25) is 18.8 Å². The van der Waals surface area contributed by atoms with Crippen molar-refractivity contribution >= 4 is 5.97 Å². The van der Waals surface area contributed by atoms with Gasteiger partial charge in [0, 0.05) is 19.6 Å². The number of morpholine rings is 1. The van der Waals surface area contributed by atoms with Crippen molar-refractivity contribution in [2.24, 2.45) is 0 Å². The van der Waals surface area contributed by atoms with Crippen LogP contribution >= 0.6 is 0 Å². The summed E-state index contributed by atoms with van der Waals surface area (Å²) in [6.45, 7) is 4.23. The van der Waals surface area contributed by atoms with Crippen molar-refractivity contribution in [3.8, 4) is 17.0 Å². The second-order valence-corrected chi connectivity index (χ2v) is 7.80. The molecule has 0 aliphatic carbocycles. The molecule has 8 nitrogen and oxygen atoms in total. The van der Waals surface area contributed by atoms with Gasteiger partial charge in [0.2, 0.25) is 5.88 Å². The number of methoxy groups -OCH3 is 1. The average molecular weight is 437 g/mol. The Hall–Kier alpha value is -3.36. The van der Waals surface area contributed by atoms with Crippen molar-refractivity contribution in [2.45, 2.75) is 19.6 Å². The fraction of sp³-hybridized carbons (Fsp3) is 0.333. The molecule has 1 saturated heterocycles. The minimum atomic E-state index is -0.552. The fourth-order valence-corrected chi connectivity index (χ4v) is 3.90. The van der Waals surface area contributed by atoms with Crippen molar-refractivity contribution < 1.29 is 19.4 Å². The van der Waals surface area contributed by atoms with Crippen LogP contribution in [-0.2, 0) is 33.9 Å².